The first-order valence-corrected chi connectivity index (χ1v) is 10.3. The lowest BCUT2D eigenvalue weighted by atomic mass is 9.87. The molecule has 2 N–H and O–H groups in total. The minimum Gasteiger partial charge on any atom is -0.372 e. The van der Waals surface area contributed by atoms with Crippen molar-refractivity contribution in [3.8, 4) is 0 Å². The molecule has 30 heavy (non-hydrogen) atoms. The Morgan fingerprint density at radius 2 is 1.77 bits per heavy atom. The highest BCUT2D eigenvalue weighted by atomic mass is 16.5. The van der Waals surface area contributed by atoms with Gasteiger partial charge in [-0.25, -0.2) is 10.2 Å². The number of hydrazone groups is 1. The zero-order chi connectivity index (χ0) is 21.2. The van der Waals surface area contributed by atoms with E-state index in [1.807, 2.05) is 48.5 Å². The van der Waals surface area contributed by atoms with Gasteiger partial charge in [0.15, 0.2) is 0 Å². The molecule has 5 heteroatoms. The van der Waals surface area contributed by atoms with Crippen LogP contribution in [-0.4, -0.2) is 18.9 Å². The highest BCUT2D eigenvalue weighted by Gasteiger charge is 2.16. The lowest BCUT2D eigenvalue weighted by molar-refractivity contribution is 0.140. The summed E-state index contributed by atoms with van der Waals surface area (Å²) in [6.07, 6.45) is 5.67. The molecule has 0 unspecified atom stereocenters. The third-order valence-electron chi connectivity index (χ3n) is 5.00. The fourth-order valence-electron chi connectivity index (χ4n) is 3.26. The number of urea groups is 1. The van der Waals surface area contributed by atoms with Crippen molar-refractivity contribution < 1.29 is 9.53 Å². The monoisotopic (exact) mass is 403 g/mol. The van der Waals surface area contributed by atoms with E-state index in [0.29, 0.717) is 19.1 Å². The van der Waals surface area contributed by atoms with Crippen molar-refractivity contribution in [1.29, 1.82) is 0 Å². The maximum atomic E-state index is 12.0. The second kappa shape index (κ2) is 11.1. The maximum absolute atomic E-state index is 12.0. The smallest absolute Gasteiger partial charge is 0.339 e. The third-order valence-corrected chi connectivity index (χ3v) is 5.00. The van der Waals surface area contributed by atoms with Crippen LogP contribution in [0.4, 0.5) is 10.5 Å². The first-order valence-electron chi connectivity index (χ1n) is 10.3. The Morgan fingerprint density at radius 3 is 2.47 bits per heavy atom. The van der Waals surface area contributed by atoms with Crippen LogP contribution < -0.4 is 10.7 Å². The molecule has 0 saturated heterocycles. The number of benzene rings is 2. The first-order chi connectivity index (χ1) is 14.6. The summed E-state index contributed by atoms with van der Waals surface area (Å²) < 4.78 is 5.98. The van der Waals surface area contributed by atoms with E-state index in [-0.39, 0.29) is 6.03 Å². The van der Waals surface area contributed by atoms with Gasteiger partial charge < -0.3 is 10.1 Å². The van der Waals surface area contributed by atoms with Crippen LogP contribution in [0.3, 0.4) is 0 Å². The first kappa shape index (κ1) is 21.5. The van der Waals surface area contributed by atoms with Crippen LogP contribution in [0.5, 0.6) is 0 Å². The number of para-hydroxylation sites is 1. The molecule has 0 spiro atoms. The Balaban J connectivity index is 1.59. The number of rotatable bonds is 8. The van der Waals surface area contributed by atoms with E-state index in [2.05, 4.69) is 47.9 Å². The molecule has 0 aliphatic heterocycles. The predicted octanol–water partition coefficient (Wildman–Crippen LogP) is 5.68. The quantitative estimate of drug-likeness (QED) is 0.338. The number of allylic oxidation sites excluding steroid dienone is 3. The van der Waals surface area contributed by atoms with Gasteiger partial charge in [-0.3, -0.25) is 0 Å². The van der Waals surface area contributed by atoms with Gasteiger partial charge in [-0.15, -0.1) is 0 Å². The number of carbonyl (C=O) groups excluding carboxylic acids is 1. The van der Waals surface area contributed by atoms with Crippen LogP contribution in [0.2, 0.25) is 0 Å². The Morgan fingerprint density at radius 1 is 1.07 bits per heavy atom. The van der Waals surface area contributed by atoms with Crippen molar-refractivity contribution in [1.82, 2.24) is 5.43 Å². The third kappa shape index (κ3) is 6.71. The van der Waals surface area contributed by atoms with Crippen LogP contribution in [-0.2, 0) is 11.3 Å². The Hall–Kier alpha value is -3.18. The maximum Gasteiger partial charge on any atom is 0.339 e. The molecular weight excluding hydrogens is 374 g/mol. The molecule has 2 aromatic rings. The summed E-state index contributed by atoms with van der Waals surface area (Å²) in [6.45, 7) is 5.55. The van der Waals surface area contributed by atoms with Crippen LogP contribution in [0.15, 0.2) is 88.6 Å². The molecule has 2 aromatic carbocycles. The molecule has 5 nitrogen and oxygen atoms in total. The minimum absolute atomic E-state index is 0.367. The van der Waals surface area contributed by atoms with Crippen molar-refractivity contribution in [2.24, 2.45) is 11.0 Å². The second-order valence-corrected chi connectivity index (χ2v) is 7.61. The van der Waals surface area contributed by atoms with E-state index >= 15 is 0 Å². The van der Waals surface area contributed by atoms with Gasteiger partial charge >= 0.3 is 6.03 Å². The van der Waals surface area contributed by atoms with Crippen molar-refractivity contribution in [2.75, 3.05) is 11.9 Å². The van der Waals surface area contributed by atoms with E-state index < -0.39 is 0 Å². The highest BCUT2D eigenvalue weighted by molar-refractivity contribution is 5.90. The van der Waals surface area contributed by atoms with Crippen molar-refractivity contribution >= 4 is 17.9 Å². The SMILES string of the molecule is CC(C)C1=CCC(/C=N/NC(=O)Nc2ccccc2)=C(COCc2ccccc2)C1. The molecule has 0 saturated carbocycles. The molecule has 156 valence electrons. The average Bonchev–Trinajstić information content (AvgIpc) is 2.76. The molecule has 1 aliphatic rings. The molecule has 0 atom stereocenters. The van der Waals surface area contributed by atoms with Crippen molar-refractivity contribution in [3.63, 3.8) is 0 Å². The van der Waals surface area contributed by atoms with E-state index in [0.717, 1.165) is 29.7 Å². The number of nitrogens with zero attached hydrogens (tertiary/aromatic N) is 1. The average molecular weight is 404 g/mol. The number of anilines is 1. The number of carbonyl (C=O) groups is 1. The molecular formula is C25H29N3O2. The van der Waals surface area contributed by atoms with E-state index in [9.17, 15) is 4.79 Å². The molecule has 0 aromatic heterocycles. The zero-order valence-electron chi connectivity index (χ0n) is 17.6. The number of hydrogen-bond acceptors (Lipinski definition) is 3. The standard InChI is InChI=1S/C25H29N3O2/c1-19(2)21-13-14-22(16-26-28-25(29)27-24-11-7-4-8-12-24)23(15-21)18-30-17-20-9-5-3-6-10-20/h3-13,16,19H,14-15,17-18H2,1-2H3,(H2,27,28,29)/b26-16+. The Bertz CT molecular complexity index is 916. The molecule has 3 rings (SSSR count). The van der Waals surface area contributed by atoms with Gasteiger partial charge in [0.25, 0.3) is 0 Å². The van der Waals surface area contributed by atoms with Gasteiger partial charge in [-0.1, -0.05) is 74.0 Å². The Labute approximate surface area is 178 Å². The summed E-state index contributed by atoms with van der Waals surface area (Å²) in [5, 5.41) is 6.90. The number of ether oxygens (including phenoxy) is 1. The van der Waals surface area contributed by atoms with E-state index in [4.69, 9.17) is 4.74 Å². The van der Waals surface area contributed by atoms with Gasteiger partial charge in [0.05, 0.1) is 19.4 Å². The number of nitrogens with one attached hydrogen (secondary N) is 2. The fraction of sp³-hybridized carbons (Fsp3) is 0.280. The van der Waals surface area contributed by atoms with Crippen LogP contribution >= 0.6 is 0 Å². The summed E-state index contributed by atoms with van der Waals surface area (Å²) in [5.41, 5.74) is 8.14. The molecule has 0 radical (unpaired) electrons. The molecule has 0 fully saturated rings. The molecule has 2 amide bonds. The van der Waals surface area contributed by atoms with Crippen LogP contribution in [0.1, 0.15) is 32.3 Å². The molecule has 1 aliphatic carbocycles. The molecule has 0 heterocycles. The molecule has 0 bridgehead atoms. The van der Waals surface area contributed by atoms with Crippen molar-refractivity contribution in [2.45, 2.75) is 33.3 Å². The second-order valence-electron chi connectivity index (χ2n) is 7.61. The lowest BCUT2D eigenvalue weighted by Crippen LogP contribution is -2.24. The minimum atomic E-state index is -0.367. The van der Waals surface area contributed by atoms with Gasteiger partial charge in [0.2, 0.25) is 0 Å². The summed E-state index contributed by atoms with van der Waals surface area (Å²) in [6, 6.07) is 19.1. The summed E-state index contributed by atoms with van der Waals surface area (Å²) in [4.78, 5) is 12.0. The Kier molecular flexibility index (Phi) is 7.98. The summed E-state index contributed by atoms with van der Waals surface area (Å²) in [7, 11) is 0. The van der Waals surface area contributed by atoms with Crippen LogP contribution in [0, 0.1) is 5.92 Å². The van der Waals surface area contributed by atoms with Crippen molar-refractivity contribution in [3.05, 3.63) is 89.0 Å². The number of hydrogen-bond donors (Lipinski definition) is 2. The van der Waals surface area contributed by atoms with E-state index in [1.54, 1.807) is 6.21 Å². The topological polar surface area (TPSA) is 62.7 Å². The van der Waals surface area contributed by atoms with Gasteiger partial charge in [-0.05, 0) is 47.6 Å². The lowest BCUT2D eigenvalue weighted by Gasteiger charge is -2.21. The normalized spacial score (nSPS) is 14.2. The highest BCUT2D eigenvalue weighted by Crippen LogP contribution is 2.28. The largest absolute Gasteiger partial charge is 0.372 e. The predicted molar refractivity (Wildman–Crippen MR) is 122 cm³/mol. The zero-order valence-corrected chi connectivity index (χ0v) is 17.6. The summed E-state index contributed by atoms with van der Waals surface area (Å²) >= 11 is 0. The number of amides is 2. The summed E-state index contributed by atoms with van der Waals surface area (Å²) in [5.74, 6) is 0.502. The van der Waals surface area contributed by atoms with Crippen LogP contribution in [0.25, 0.3) is 0 Å². The van der Waals surface area contributed by atoms with Gasteiger partial charge in [0, 0.05) is 5.69 Å². The fourth-order valence-corrected chi connectivity index (χ4v) is 3.26. The van der Waals surface area contributed by atoms with Gasteiger partial charge in [0.1, 0.15) is 0 Å². The van der Waals surface area contributed by atoms with Gasteiger partial charge in [-0.2, -0.15) is 5.10 Å². The van der Waals surface area contributed by atoms with E-state index in [1.165, 1.54) is 11.1 Å².